The third-order valence-corrected chi connectivity index (χ3v) is 5.28. The van der Waals surface area contributed by atoms with Gasteiger partial charge < -0.3 is 14.5 Å². The first-order valence-corrected chi connectivity index (χ1v) is 8.39. The van der Waals surface area contributed by atoms with Crippen molar-refractivity contribution in [1.29, 1.82) is 0 Å². The molecule has 1 fully saturated rings. The van der Waals surface area contributed by atoms with Crippen LogP contribution in [-0.4, -0.2) is 42.5 Å². The Kier molecular flexibility index (Phi) is 3.08. The van der Waals surface area contributed by atoms with Crippen LogP contribution in [0.1, 0.15) is 18.0 Å². The van der Waals surface area contributed by atoms with Crippen molar-refractivity contribution in [3.63, 3.8) is 0 Å². The number of aromatic nitrogens is 5. The minimum Gasteiger partial charge on any atom is -0.354 e. The molecule has 0 aliphatic carbocycles. The molecule has 2 aliphatic heterocycles. The van der Waals surface area contributed by atoms with Crippen molar-refractivity contribution in [3.05, 3.63) is 50.9 Å². The number of nitrogens with one attached hydrogen (secondary N) is 1. The fourth-order valence-corrected chi connectivity index (χ4v) is 4.24. The number of fused-ring (bicyclic) bond motifs is 5. The molecule has 2 aliphatic rings. The molecule has 5 rings (SSSR count). The molecule has 0 radical (unpaired) electrons. The van der Waals surface area contributed by atoms with Crippen LogP contribution < -0.4 is 10.5 Å². The van der Waals surface area contributed by atoms with E-state index >= 15 is 0 Å². The van der Waals surface area contributed by atoms with Gasteiger partial charge in [0.25, 0.3) is 0 Å². The molecule has 10 nitrogen and oxygen atoms in total. The maximum Gasteiger partial charge on any atom is 0.334 e. The summed E-state index contributed by atoms with van der Waals surface area (Å²) in [5, 5.41) is 11.1. The van der Waals surface area contributed by atoms with Crippen molar-refractivity contribution < 1.29 is 4.92 Å². The number of rotatable bonds is 2. The lowest BCUT2D eigenvalue weighted by Gasteiger charge is -2.43. The topological polar surface area (TPSA) is 123 Å². The first kappa shape index (κ1) is 15.0. The van der Waals surface area contributed by atoms with Crippen molar-refractivity contribution in [2.45, 2.75) is 18.9 Å². The Morgan fingerprint density at radius 3 is 2.92 bits per heavy atom. The molecule has 5 heterocycles. The van der Waals surface area contributed by atoms with Crippen molar-refractivity contribution in [1.82, 2.24) is 24.5 Å². The zero-order chi connectivity index (χ0) is 17.8. The number of H-pyrrole nitrogens is 1. The Balaban J connectivity index is 1.55. The number of nitrogens with zero attached hydrogens (tertiary/aromatic N) is 6. The maximum absolute atomic E-state index is 12.5. The Morgan fingerprint density at radius 2 is 2.08 bits per heavy atom. The van der Waals surface area contributed by atoms with E-state index in [0.29, 0.717) is 18.7 Å². The number of pyridine rings is 1. The third-order valence-electron chi connectivity index (χ3n) is 5.28. The number of aromatic amines is 1. The van der Waals surface area contributed by atoms with Gasteiger partial charge in [-0.25, -0.2) is 15.0 Å². The molecule has 0 amide bonds. The second kappa shape index (κ2) is 5.35. The lowest BCUT2D eigenvalue weighted by Crippen LogP contribution is -2.47. The molecule has 10 heteroatoms. The Labute approximate surface area is 146 Å². The molecule has 1 N–H and O–H groups in total. The van der Waals surface area contributed by atoms with Gasteiger partial charge in [0.1, 0.15) is 11.8 Å². The van der Waals surface area contributed by atoms with E-state index in [9.17, 15) is 14.9 Å². The Hall–Kier alpha value is -3.30. The lowest BCUT2D eigenvalue weighted by molar-refractivity contribution is -0.386. The summed E-state index contributed by atoms with van der Waals surface area (Å²) in [6.07, 6.45) is 4.07. The number of imidazole rings is 1. The van der Waals surface area contributed by atoms with Gasteiger partial charge in [-0.05, 0) is 18.4 Å². The van der Waals surface area contributed by atoms with Gasteiger partial charge in [0.05, 0.1) is 11.3 Å². The summed E-state index contributed by atoms with van der Waals surface area (Å²) in [5.74, 6) is 1.16. The van der Waals surface area contributed by atoms with E-state index in [1.165, 1.54) is 12.4 Å². The van der Waals surface area contributed by atoms with Gasteiger partial charge in [-0.3, -0.25) is 14.9 Å². The van der Waals surface area contributed by atoms with Crippen LogP contribution >= 0.6 is 0 Å². The molecule has 0 unspecified atom stereocenters. The van der Waals surface area contributed by atoms with Gasteiger partial charge >= 0.3 is 11.2 Å². The number of hydrogen-bond acceptors (Lipinski definition) is 7. The first-order valence-electron chi connectivity index (χ1n) is 8.39. The SMILES string of the molecule is O=c1c([N+](=O)[O-])ccc2n1C[C@H]1C[C@H]2CN(c2ncnc3nc[nH]c23)C1. The molecule has 0 aromatic carbocycles. The average Bonchev–Trinajstić information content (AvgIpc) is 3.11. The molecular formula is C16H15N7O3. The van der Waals surface area contributed by atoms with Crippen molar-refractivity contribution in [2.24, 2.45) is 5.92 Å². The summed E-state index contributed by atoms with van der Waals surface area (Å²) in [6.45, 7) is 1.91. The zero-order valence-corrected chi connectivity index (χ0v) is 13.7. The Bertz CT molecular complexity index is 1090. The third kappa shape index (κ3) is 2.11. The first-order chi connectivity index (χ1) is 12.6. The second-order valence-corrected chi connectivity index (χ2v) is 6.82. The Morgan fingerprint density at radius 1 is 1.19 bits per heavy atom. The average molecular weight is 353 g/mol. The number of anilines is 1. The molecule has 0 saturated carbocycles. The van der Waals surface area contributed by atoms with E-state index in [0.717, 1.165) is 30.0 Å². The quantitative estimate of drug-likeness (QED) is 0.539. The van der Waals surface area contributed by atoms with Crippen LogP contribution in [0.15, 0.2) is 29.6 Å². The van der Waals surface area contributed by atoms with Crippen molar-refractivity contribution in [2.75, 3.05) is 18.0 Å². The molecule has 0 spiro atoms. The van der Waals surface area contributed by atoms with Gasteiger partial charge in [-0.1, -0.05) is 0 Å². The lowest BCUT2D eigenvalue weighted by atomic mass is 9.83. The predicted molar refractivity (Wildman–Crippen MR) is 92.1 cm³/mol. The highest BCUT2D eigenvalue weighted by Gasteiger charge is 2.37. The number of nitro groups is 1. The van der Waals surface area contributed by atoms with Crippen LogP contribution in [0.3, 0.4) is 0 Å². The minimum atomic E-state index is -0.609. The van der Waals surface area contributed by atoms with E-state index in [4.69, 9.17) is 0 Å². The van der Waals surface area contributed by atoms with Gasteiger partial charge in [-0.2, -0.15) is 0 Å². The van der Waals surface area contributed by atoms with Crippen LogP contribution in [0.25, 0.3) is 11.2 Å². The summed E-state index contributed by atoms with van der Waals surface area (Å²) < 4.78 is 1.58. The van der Waals surface area contributed by atoms with E-state index in [1.807, 2.05) is 0 Å². The highest BCUT2D eigenvalue weighted by Crippen LogP contribution is 2.37. The minimum absolute atomic E-state index is 0.129. The summed E-state index contributed by atoms with van der Waals surface area (Å²) in [6, 6.07) is 3.04. The van der Waals surface area contributed by atoms with Crippen molar-refractivity contribution in [3.8, 4) is 0 Å². The molecule has 26 heavy (non-hydrogen) atoms. The molecular weight excluding hydrogens is 338 g/mol. The van der Waals surface area contributed by atoms with Gasteiger partial charge in [0.2, 0.25) is 0 Å². The highest BCUT2D eigenvalue weighted by molar-refractivity contribution is 5.82. The fraction of sp³-hybridized carbons (Fsp3) is 0.375. The van der Waals surface area contributed by atoms with Crippen LogP contribution in [0.4, 0.5) is 11.5 Å². The van der Waals surface area contributed by atoms with E-state index < -0.39 is 10.5 Å². The molecule has 3 aromatic heterocycles. The monoisotopic (exact) mass is 353 g/mol. The molecule has 2 atom stereocenters. The number of piperidine rings is 1. The van der Waals surface area contributed by atoms with Gasteiger partial charge in [-0.15, -0.1) is 0 Å². The largest absolute Gasteiger partial charge is 0.354 e. The van der Waals surface area contributed by atoms with E-state index in [1.54, 1.807) is 17.0 Å². The van der Waals surface area contributed by atoms with Crippen LogP contribution in [0.5, 0.6) is 0 Å². The maximum atomic E-state index is 12.5. The summed E-state index contributed by atoms with van der Waals surface area (Å²) >= 11 is 0. The molecule has 1 saturated heterocycles. The zero-order valence-electron chi connectivity index (χ0n) is 13.7. The molecule has 2 bridgehead atoms. The fourth-order valence-electron chi connectivity index (χ4n) is 4.24. The molecule has 3 aromatic rings. The van der Waals surface area contributed by atoms with Crippen LogP contribution in [0, 0.1) is 16.0 Å². The highest BCUT2D eigenvalue weighted by atomic mass is 16.6. The van der Waals surface area contributed by atoms with E-state index in [-0.39, 0.29) is 17.5 Å². The van der Waals surface area contributed by atoms with Gasteiger partial charge in [0.15, 0.2) is 11.5 Å². The molecule has 132 valence electrons. The van der Waals surface area contributed by atoms with Crippen molar-refractivity contribution >= 4 is 22.7 Å². The van der Waals surface area contributed by atoms with E-state index in [2.05, 4.69) is 24.8 Å². The van der Waals surface area contributed by atoms with Gasteiger partial charge in [0, 0.05) is 37.3 Å². The normalized spacial score (nSPS) is 21.6. The van der Waals surface area contributed by atoms with Crippen LogP contribution in [0.2, 0.25) is 0 Å². The standard InChI is InChI=1S/C16H15N7O3/c24-16-12(23(25)26)2-1-11-10-3-9(5-22(11)16)4-21(6-10)15-13-14(18-7-17-13)19-8-20-15/h1-2,7-10H,3-6H2,(H,17,18,19,20)/t9-,10-/m0/s1. The van der Waals surface area contributed by atoms with Crippen LogP contribution in [-0.2, 0) is 6.54 Å². The second-order valence-electron chi connectivity index (χ2n) is 6.82. The summed E-state index contributed by atoms with van der Waals surface area (Å²) in [5.41, 5.74) is 1.41. The number of hydrogen-bond donors (Lipinski definition) is 1. The summed E-state index contributed by atoms with van der Waals surface area (Å²) in [7, 11) is 0. The summed E-state index contributed by atoms with van der Waals surface area (Å²) in [4.78, 5) is 40.9. The predicted octanol–water partition coefficient (Wildman–Crippen LogP) is 1.05. The smallest absolute Gasteiger partial charge is 0.334 e.